The van der Waals surface area contributed by atoms with Gasteiger partial charge in [-0.1, -0.05) is 6.92 Å². The Balaban J connectivity index is 2.14. The molecule has 1 aliphatic carbocycles. The third-order valence-corrected chi connectivity index (χ3v) is 3.50. The second kappa shape index (κ2) is 8.06. The monoisotopic (exact) mass is 241 g/mol. The lowest BCUT2D eigenvalue weighted by molar-refractivity contribution is 0.258. The Morgan fingerprint density at radius 1 is 1.18 bits per heavy atom. The van der Waals surface area contributed by atoms with Gasteiger partial charge in [0.25, 0.3) is 0 Å². The van der Waals surface area contributed by atoms with Crippen LogP contribution in [0.3, 0.4) is 0 Å². The number of nitrogens with zero attached hydrogens (tertiary/aromatic N) is 2. The van der Waals surface area contributed by atoms with E-state index in [0.717, 1.165) is 12.0 Å². The van der Waals surface area contributed by atoms with Crippen molar-refractivity contribution in [1.29, 1.82) is 0 Å². The van der Waals surface area contributed by atoms with Crippen molar-refractivity contribution in [2.45, 2.75) is 38.6 Å². The summed E-state index contributed by atoms with van der Waals surface area (Å²) in [4.78, 5) is 4.76. The fourth-order valence-corrected chi connectivity index (χ4v) is 2.29. The predicted octanol–water partition coefficient (Wildman–Crippen LogP) is 1.65. The molecule has 1 saturated carbocycles. The second-order valence-electron chi connectivity index (χ2n) is 5.82. The first kappa shape index (κ1) is 14.9. The molecule has 3 heteroatoms. The van der Waals surface area contributed by atoms with E-state index in [4.69, 9.17) is 0 Å². The van der Waals surface area contributed by atoms with Crippen LogP contribution in [0.2, 0.25) is 0 Å². The Morgan fingerprint density at radius 2 is 1.88 bits per heavy atom. The molecule has 17 heavy (non-hydrogen) atoms. The van der Waals surface area contributed by atoms with Crippen LogP contribution in [0.1, 0.15) is 32.6 Å². The summed E-state index contributed by atoms with van der Waals surface area (Å²) in [6.07, 6.45) is 5.39. The SMILES string of the molecule is CCCNC(CN(C)CCCN(C)C)C1CC1. The molecule has 0 saturated heterocycles. The third-order valence-electron chi connectivity index (χ3n) is 3.50. The van der Waals surface area contributed by atoms with Crippen LogP contribution in [0, 0.1) is 5.92 Å². The highest BCUT2D eigenvalue weighted by molar-refractivity contribution is 4.88. The van der Waals surface area contributed by atoms with Gasteiger partial charge in [-0.05, 0) is 72.4 Å². The van der Waals surface area contributed by atoms with Gasteiger partial charge in [0.1, 0.15) is 0 Å². The standard InChI is InChI=1S/C14H31N3/c1-5-9-15-14(13-7-8-13)12-17(4)11-6-10-16(2)3/h13-15H,5-12H2,1-4H3. The van der Waals surface area contributed by atoms with Crippen LogP contribution < -0.4 is 5.32 Å². The maximum atomic E-state index is 3.71. The number of hydrogen-bond acceptors (Lipinski definition) is 3. The molecule has 0 aromatic rings. The summed E-state index contributed by atoms with van der Waals surface area (Å²) in [5.41, 5.74) is 0. The van der Waals surface area contributed by atoms with E-state index in [2.05, 4.69) is 43.2 Å². The molecule has 1 fully saturated rings. The Bertz CT molecular complexity index is 190. The highest BCUT2D eigenvalue weighted by Crippen LogP contribution is 2.32. The normalized spacial score (nSPS) is 18.0. The molecular weight excluding hydrogens is 210 g/mol. The Hall–Kier alpha value is -0.120. The van der Waals surface area contributed by atoms with Gasteiger partial charge < -0.3 is 15.1 Å². The zero-order chi connectivity index (χ0) is 12.7. The zero-order valence-corrected chi connectivity index (χ0v) is 12.2. The maximum absolute atomic E-state index is 3.71. The van der Waals surface area contributed by atoms with Gasteiger partial charge in [-0.15, -0.1) is 0 Å². The van der Waals surface area contributed by atoms with Gasteiger partial charge in [-0.2, -0.15) is 0 Å². The lowest BCUT2D eigenvalue weighted by Gasteiger charge is -2.25. The Morgan fingerprint density at radius 3 is 2.41 bits per heavy atom. The Kier molecular flexibility index (Phi) is 7.09. The first-order chi connectivity index (χ1) is 8.13. The van der Waals surface area contributed by atoms with E-state index in [-0.39, 0.29) is 0 Å². The van der Waals surface area contributed by atoms with E-state index >= 15 is 0 Å². The van der Waals surface area contributed by atoms with Crippen molar-refractivity contribution in [3.8, 4) is 0 Å². The van der Waals surface area contributed by atoms with E-state index in [9.17, 15) is 0 Å². The summed E-state index contributed by atoms with van der Waals surface area (Å²) in [5, 5.41) is 3.71. The van der Waals surface area contributed by atoms with Gasteiger partial charge in [0, 0.05) is 12.6 Å². The van der Waals surface area contributed by atoms with Crippen LogP contribution in [0.15, 0.2) is 0 Å². The van der Waals surface area contributed by atoms with Crippen LogP contribution in [0.25, 0.3) is 0 Å². The van der Waals surface area contributed by atoms with Crippen molar-refractivity contribution in [2.24, 2.45) is 5.92 Å². The minimum absolute atomic E-state index is 0.735. The van der Waals surface area contributed by atoms with E-state index in [1.54, 1.807) is 0 Å². The maximum Gasteiger partial charge on any atom is 0.0223 e. The van der Waals surface area contributed by atoms with Gasteiger partial charge in [-0.25, -0.2) is 0 Å². The van der Waals surface area contributed by atoms with Gasteiger partial charge in [0.05, 0.1) is 0 Å². The zero-order valence-electron chi connectivity index (χ0n) is 12.2. The van der Waals surface area contributed by atoms with Crippen LogP contribution in [-0.4, -0.2) is 63.2 Å². The summed E-state index contributed by atoms with van der Waals surface area (Å²) in [6, 6.07) is 0.735. The molecular formula is C14H31N3. The van der Waals surface area contributed by atoms with Crippen molar-refractivity contribution < 1.29 is 0 Å². The largest absolute Gasteiger partial charge is 0.312 e. The van der Waals surface area contributed by atoms with E-state index < -0.39 is 0 Å². The first-order valence-electron chi connectivity index (χ1n) is 7.20. The minimum Gasteiger partial charge on any atom is -0.312 e. The van der Waals surface area contributed by atoms with Crippen LogP contribution in [-0.2, 0) is 0 Å². The molecule has 1 aliphatic rings. The van der Waals surface area contributed by atoms with E-state index in [1.807, 2.05) is 0 Å². The van der Waals surface area contributed by atoms with Crippen LogP contribution in [0.4, 0.5) is 0 Å². The molecule has 1 atom stereocenters. The number of likely N-dealkylation sites (N-methyl/N-ethyl adjacent to an activating group) is 1. The molecule has 0 aromatic heterocycles. The molecule has 0 radical (unpaired) electrons. The Labute approximate surface area is 108 Å². The highest BCUT2D eigenvalue weighted by Gasteiger charge is 2.31. The topological polar surface area (TPSA) is 18.5 Å². The van der Waals surface area contributed by atoms with Gasteiger partial charge in [0.15, 0.2) is 0 Å². The lowest BCUT2D eigenvalue weighted by atomic mass is 10.1. The van der Waals surface area contributed by atoms with Crippen molar-refractivity contribution in [1.82, 2.24) is 15.1 Å². The molecule has 0 heterocycles. The van der Waals surface area contributed by atoms with E-state index in [1.165, 1.54) is 51.9 Å². The first-order valence-corrected chi connectivity index (χ1v) is 7.20. The van der Waals surface area contributed by atoms with Gasteiger partial charge >= 0.3 is 0 Å². The molecule has 1 unspecified atom stereocenters. The fourth-order valence-electron chi connectivity index (χ4n) is 2.29. The lowest BCUT2D eigenvalue weighted by Crippen LogP contribution is -2.42. The summed E-state index contributed by atoms with van der Waals surface area (Å²) < 4.78 is 0. The van der Waals surface area contributed by atoms with Crippen molar-refractivity contribution >= 4 is 0 Å². The second-order valence-corrected chi connectivity index (χ2v) is 5.82. The molecule has 102 valence electrons. The molecule has 3 nitrogen and oxygen atoms in total. The van der Waals surface area contributed by atoms with Gasteiger partial charge in [-0.3, -0.25) is 0 Å². The smallest absolute Gasteiger partial charge is 0.0223 e. The summed E-state index contributed by atoms with van der Waals surface area (Å²) in [5.74, 6) is 0.956. The quantitative estimate of drug-likeness (QED) is 0.627. The summed E-state index contributed by atoms with van der Waals surface area (Å²) >= 11 is 0. The molecule has 0 aliphatic heterocycles. The molecule has 0 spiro atoms. The summed E-state index contributed by atoms with van der Waals surface area (Å²) in [7, 11) is 6.56. The van der Waals surface area contributed by atoms with Crippen molar-refractivity contribution in [3.05, 3.63) is 0 Å². The highest BCUT2D eigenvalue weighted by atomic mass is 15.1. The molecule has 1 N–H and O–H groups in total. The fraction of sp³-hybridized carbons (Fsp3) is 1.00. The van der Waals surface area contributed by atoms with Crippen LogP contribution >= 0.6 is 0 Å². The van der Waals surface area contributed by atoms with Gasteiger partial charge in [0.2, 0.25) is 0 Å². The molecule has 0 amide bonds. The summed E-state index contributed by atoms with van der Waals surface area (Å²) in [6.45, 7) is 7.05. The average molecular weight is 241 g/mol. The number of rotatable bonds is 10. The third kappa shape index (κ3) is 7.02. The van der Waals surface area contributed by atoms with E-state index in [0.29, 0.717) is 0 Å². The minimum atomic E-state index is 0.735. The predicted molar refractivity (Wildman–Crippen MR) is 75.5 cm³/mol. The molecule has 0 aromatic carbocycles. The van der Waals surface area contributed by atoms with Crippen molar-refractivity contribution in [3.63, 3.8) is 0 Å². The average Bonchev–Trinajstić information content (AvgIpc) is 3.07. The number of hydrogen-bond donors (Lipinski definition) is 1. The van der Waals surface area contributed by atoms with Crippen molar-refractivity contribution in [2.75, 3.05) is 47.3 Å². The molecule has 0 bridgehead atoms. The number of nitrogens with one attached hydrogen (secondary N) is 1. The van der Waals surface area contributed by atoms with Crippen LogP contribution in [0.5, 0.6) is 0 Å². The molecule has 1 rings (SSSR count).